The summed E-state index contributed by atoms with van der Waals surface area (Å²) >= 11 is 6.14. The molecule has 19 heavy (non-hydrogen) atoms. The van der Waals surface area contributed by atoms with Gasteiger partial charge in [-0.25, -0.2) is 9.97 Å². The number of halogens is 1. The summed E-state index contributed by atoms with van der Waals surface area (Å²) in [5, 5.41) is 4.18. The summed E-state index contributed by atoms with van der Waals surface area (Å²) in [7, 11) is 0. The molecular weight excluding hydrogens is 258 g/mol. The lowest BCUT2D eigenvalue weighted by Crippen LogP contribution is -2.30. The van der Waals surface area contributed by atoms with Crippen LogP contribution in [0, 0.1) is 17.8 Å². The van der Waals surface area contributed by atoms with E-state index in [-0.39, 0.29) is 0 Å². The fourth-order valence-corrected chi connectivity index (χ4v) is 4.32. The molecule has 2 aliphatic carbocycles. The van der Waals surface area contributed by atoms with E-state index in [2.05, 4.69) is 29.1 Å². The Hall–Kier alpha value is -0.830. The first kappa shape index (κ1) is 13.2. The Morgan fingerprint density at radius 1 is 1.37 bits per heavy atom. The Morgan fingerprint density at radius 2 is 2.21 bits per heavy atom. The Bertz CT molecular complexity index is 463. The molecule has 2 saturated carbocycles. The predicted molar refractivity (Wildman–Crippen MR) is 78.4 cm³/mol. The maximum atomic E-state index is 6.14. The highest BCUT2D eigenvalue weighted by Gasteiger charge is 2.41. The largest absolute Gasteiger partial charge is 0.367 e. The molecule has 1 N–H and O–H groups in total. The molecule has 0 radical (unpaired) electrons. The van der Waals surface area contributed by atoms with E-state index in [9.17, 15) is 0 Å². The molecule has 4 unspecified atom stereocenters. The van der Waals surface area contributed by atoms with Crippen molar-refractivity contribution in [2.75, 3.05) is 5.32 Å². The van der Waals surface area contributed by atoms with Crippen molar-refractivity contribution in [3.05, 3.63) is 17.0 Å². The van der Waals surface area contributed by atoms with E-state index >= 15 is 0 Å². The van der Waals surface area contributed by atoms with Gasteiger partial charge < -0.3 is 5.32 Å². The van der Waals surface area contributed by atoms with Gasteiger partial charge in [0.25, 0.3) is 0 Å². The van der Waals surface area contributed by atoms with Crippen LogP contribution in [-0.4, -0.2) is 16.0 Å². The summed E-state index contributed by atoms with van der Waals surface area (Å²) in [6, 6.07) is 0.478. The molecule has 0 saturated heterocycles. The van der Waals surface area contributed by atoms with Gasteiger partial charge >= 0.3 is 0 Å². The molecule has 3 nitrogen and oxygen atoms in total. The number of aromatic nitrogens is 2. The van der Waals surface area contributed by atoms with Crippen molar-refractivity contribution in [1.82, 2.24) is 9.97 Å². The zero-order chi connectivity index (χ0) is 13.4. The average Bonchev–Trinajstić information content (AvgIpc) is 3.01. The lowest BCUT2D eigenvalue weighted by atomic mass is 9.84. The highest BCUT2D eigenvalue weighted by atomic mass is 35.5. The van der Waals surface area contributed by atoms with Gasteiger partial charge in [0.15, 0.2) is 0 Å². The Balaban J connectivity index is 1.73. The number of hydrogen-bond acceptors (Lipinski definition) is 3. The minimum absolute atomic E-state index is 0.478. The van der Waals surface area contributed by atoms with Crippen LogP contribution >= 0.6 is 11.6 Å². The Labute approximate surface area is 120 Å². The maximum absolute atomic E-state index is 6.14. The van der Waals surface area contributed by atoms with Crippen molar-refractivity contribution in [1.29, 1.82) is 0 Å². The molecule has 1 aromatic rings. The van der Waals surface area contributed by atoms with Crippen LogP contribution in [-0.2, 0) is 6.42 Å². The molecule has 4 heteroatoms. The molecule has 0 amide bonds. The van der Waals surface area contributed by atoms with E-state index < -0.39 is 0 Å². The van der Waals surface area contributed by atoms with Crippen LogP contribution in [0.25, 0.3) is 0 Å². The Kier molecular flexibility index (Phi) is 3.66. The van der Waals surface area contributed by atoms with Crippen LogP contribution < -0.4 is 5.32 Å². The van der Waals surface area contributed by atoms with Crippen LogP contribution in [0.4, 0.5) is 5.82 Å². The van der Waals surface area contributed by atoms with Gasteiger partial charge in [0.05, 0.1) is 0 Å². The number of anilines is 1. The molecule has 0 spiro atoms. The van der Waals surface area contributed by atoms with Crippen molar-refractivity contribution in [2.24, 2.45) is 17.8 Å². The third kappa shape index (κ3) is 2.45. The summed E-state index contributed by atoms with van der Waals surface area (Å²) in [5.41, 5.74) is 1.04. The molecule has 1 heterocycles. The number of nitrogens with one attached hydrogen (secondary N) is 1. The fraction of sp³-hybridized carbons (Fsp3) is 0.733. The van der Waals surface area contributed by atoms with Crippen molar-refractivity contribution in [3.63, 3.8) is 0 Å². The SMILES string of the molecule is CCc1c(Cl)ncnc1NC(C)C1CC2CCC1C2. The summed E-state index contributed by atoms with van der Waals surface area (Å²) in [6.45, 7) is 4.39. The van der Waals surface area contributed by atoms with Gasteiger partial charge in [0.1, 0.15) is 17.3 Å². The third-order valence-electron chi connectivity index (χ3n) is 5.05. The van der Waals surface area contributed by atoms with E-state index in [1.165, 1.54) is 25.7 Å². The summed E-state index contributed by atoms with van der Waals surface area (Å²) in [4.78, 5) is 8.45. The van der Waals surface area contributed by atoms with Gasteiger partial charge in [-0.15, -0.1) is 0 Å². The van der Waals surface area contributed by atoms with E-state index in [1.807, 2.05) is 0 Å². The molecule has 0 aliphatic heterocycles. The standard InChI is InChI=1S/C15H22ClN3/c1-3-12-14(16)17-8-18-15(12)19-9(2)13-7-10-4-5-11(13)6-10/h8-11,13H,3-7H2,1-2H3,(H,17,18,19). The average molecular weight is 280 g/mol. The van der Waals surface area contributed by atoms with Crippen molar-refractivity contribution in [2.45, 2.75) is 52.0 Å². The first-order valence-electron chi connectivity index (χ1n) is 7.45. The minimum atomic E-state index is 0.478. The van der Waals surface area contributed by atoms with Crippen LogP contribution in [0.1, 0.15) is 45.1 Å². The maximum Gasteiger partial charge on any atom is 0.137 e. The van der Waals surface area contributed by atoms with Crippen molar-refractivity contribution < 1.29 is 0 Å². The smallest absolute Gasteiger partial charge is 0.137 e. The van der Waals surface area contributed by atoms with Crippen LogP contribution in [0.15, 0.2) is 6.33 Å². The first-order valence-corrected chi connectivity index (χ1v) is 7.82. The van der Waals surface area contributed by atoms with Gasteiger partial charge in [-0.1, -0.05) is 24.9 Å². The predicted octanol–water partition coefficient (Wildman–Crippen LogP) is 3.93. The van der Waals surface area contributed by atoms with E-state index in [0.717, 1.165) is 35.6 Å². The van der Waals surface area contributed by atoms with Crippen molar-refractivity contribution >= 4 is 17.4 Å². The fourth-order valence-electron chi connectivity index (χ4n) is 4.06. The second-order valence-electron chi connectivity index (χ2n) is 6.12. The summed E-state index contributed by atoms with van der Waals surface area (Å²) < 4.78 is 0. The van der Waals surface area contributed by atoms with E-state index in [4.69, 9.17) is 11.6 Å². The topological polar surface area (TPSA) is 37.8 Å². The number of nitrogens with zero attached hydrogens (tertiary/aromatic N) is 2. The highest BCUT2D eigenvalue weighted by Crippen LogP contribution is 2.49. The summed E-state index contributed by atoms with van der Waals surface area (Å²) in [5.74, 6) is 3.64. The molecular formula is C15H22ClN3. The van der Waals surface area contributed by atoms with Crippen LogP contribution in [0.2, 0.25) is 5.15 Å². The second kappa shape index (κ2) is 5.28. The molecule has 104 valence electrons. The third-order valence-corrected chi connectivity index (χ3v) is 5.37. The number of rotatable bonds is 4. The van der Waals surface area contributed by atoms with Crippen LogP contribution in [0.3, 0.4) is 0 Å². The highest BCUT2D eigenvalue weighted by molar-refractivity contribution is 6.30. The van der Waals surface area contributed by atoms with Crippen molar-refractivity contribution in [3.8, 4) is 0 Å². The molecule has 0 aromatic carbocycles. The zero-order valence-corrected chi connectivity index (χ0v) is 12.5. The van der Waals surface area contributed by atoms with Gasteiger partial charge in [-0.2, -0.15) is 0 Å². The summed E-state index contributed by atoms with van der Waals surface area (Å²) in [6.07, 6.45) is 8.13. The van der Waals surface area contributed by atoms with Gasteiger partial charge in [-0.05, 0) is 50.4 Å². The molecule has 2 fully saturated rings. The van der Waals surface area contributed by atoms with Gasteiger partial charge in [-0.3, -0.25) is 0 Å². The molecule has 2 bridgehead atoms. The zero-order valence-electron chi connectivity index (χ0n) is 11.7. The molecule has 1 aromatic heterocycles. The molecule has 3 rings (SSSR count). The molecule has 2 aliphatic rings. The van der Waals surface area contributed by atoms with Gasteiger partial charge in [0.2, 0.25) is 0 Å². The lowest BCUT2D eigenvalue weighted by Gasteiger charge is -2.29. The monoisotopic (exact) mass is 279 g/mol. The first-order chi connectivity index (χ1) is 9.19. The van der Waals surface area contributed by atoms with Gasteiger partial charge in [0, 0.05) is 11.6 Å². The number of fused-ring (bicyclic) bond motifs is 2. The van der Waals surface area contributed by atoms with E-state index in [1.54, 1.807) is 6.33 Å². The van der Waals surface area contributed by atoms with Crippen LogP contribution in [0.5, 0.6) is 0 Å². The second-order valence-corrected chi connectivity index (χ2v) is 6.47. The minimum Gasteiger partial charge on any atom is -0.367 e. The molecule has 4 atom stereocenters. The van der Waals surface area contributed by atoms with E-state index in [0.29, 0.717) is 11.2 Å². The lowest BCUT2D eigenvalue weighted by molar-refractivity contribution is 0.304. The normalized spacial score (nSPS) is 30.6. The quantitative estimate of drug-likeness (QED) is 0.849. The Morgan fingerprint density at radius 3 is 2.84 bits per heavy atom. The number of hydrogen-bond donors (Lipinski definition) is 1.